The monoisotopic (exact) mass is 788 g/mol. The van der Waals surface area contributed by atoms with Gasteiger partial charge in [0, 0.05) is 55.5 Å². The molecule has 5 aliphatic rings. The molecule has 0 radical (unpaired) electrons. The molecule has 278 valence electrons. The highest BCUT2D eigenvalue weighted by molar-refractivity contribution is 8.07. The van der Waals surface area contributed by atoms with Gasteiger partial charge in [0.15, 0.2) is 11.1 Å². The van der Waals surface area contributed by atoms with Crippen LogP contribution < -0.4 is 14.8 Å². The van der Waals surface area contributed by atoms with Crippen LogP contribution in [0.15, 0.2) is 61.8 Å². The maximum absolute atomic E-state index is 13.7. The van der Waals surface area contributed by atoms with Crippen molar-refractivity contribution in [3.63, 3.8) is 0 Å². The average molecular weight is 789 g/mol. The molecule has 0 bridgehead atoms. The van der Waals surface area contributed by atoms with Gasteiger partial charge < -0.3 is 4.90 Å². The first-order chi connectivity index (χ1) is 27.3. The zero-order valence-electron chi connectivity index (χ0n) is 31.6. The first kappa shape index (κ1) is 36.5. The molecule has 1 saturated heterocycles. The number of likely N-dealkylation sites (N-methyl/N-ethyl adjacent to an activating group) is 1. The van der Waals surface area contributed by atoms with Crippen molar-refractivity contribution in [2.75, 3.05) is 13.1 Å². The lowest BCUT2D eigenvalue weighted by molar-refractivity contribution is 0.350. The fourth-order valence-corrected chi connectivity index (χ4v) is 13.7. The molecule has 2 aromatic heterocycles. The second kappa shape index (κ2) is 14.1. The van der Waals surface area contributed by atoms with Gasteiger partial charge in [0.05, 0.1) is 4.53 Å². The summed E-state index contributed by atoms with van der Waals surface area (Å²) in [5.41, 5.74) is 7.67. The summed E-state index contributed by atoms with van der Waals surface area (Å²) in [6.45, 7) is 5.82. The van der Waals surface area contributed by atoms with Crippen LogP contribution in [0.2, 0.25) is 0 Å². The van der Waals surface area contributed by atoms with Crippen LogP contribution in [0.25, 0.3) is 44.0 Å². The molecule has 4 aliphatic carbocycles. The summed E-state index contributed by atoms with van der Waals surface area (Å²) >= 11 is 4.69. The number of fused-ring (bicyclic) bond motifs is 7. The van der Waals surface area contributed by atoms with Crippen molar-refractivity contribution in [1.29, 1.82) is 21.0 Å². The van der Waals surface area contributed by atoms with Gasteiger partial charge in [-0.05, 0) is 109 Å². The summed E-state index contributed by atoms with van der Waals surface area (Å²) in [5, 5.41) is 42.0. The molecule has 0 unspecified atom stereocenters. The van der Waals surface area contributed by atoms with Gasteiger partial charge in [-0.3, -0.25) is 9.36 Å². The summed E-state index contributed by atoms with van der Waals surface area (Å²) in [6, 6.07) is 18.0. The number of nitriles is 4. The first-order valence-corrected chi connectivity index (χ1v) is 22.2. The highest BCUT2D eigenvalue weighted by Gasteiger charge is 2.44. The van der Waals surface area contributed by atoms with E-state index in [0.29, 0.717) is 15.7 Å². The van der Waals surface area contributed by atoms with E-state index in [1.54, 1.807) is 16.3 Å². The van der Waals surface area contributed by atoms with Crippen molar-refractivity contribution in [3.8, 4) is 24.3 Å². The summed E-state index contributed by atoms with van der Waals surface area (Å²) in [6.07, 6.45) is 20.5. The van der Waals surface area contributed by atoms with Crippen LogP contribution in [-0.4, -0.2) is 22.6 Å². The van der Waals surface area contributed by atoms with E-state index in [2.05, 4.69) is 72.5 Å². The van der Waals surface area contributed by atoms with Crippen LogP contribution in [-0.2, 0) is 17.4 Å². The summed E-state index contributed by atoms with van der Waals surface area (Å²) in [4.78, 5) is 17.0. The number of thioether (sulfide) groups is 1. The van der Waals surface area contributed by atoms with Crippen LogP contribution in [0.4, 0.5) is 0 Å². The van der Waals surface area contributed by atoms with Crippen LogP contribution in [0.3, 0.4) is 0 Å². The Morgan fingerprint density at radius 3 is 1.75 bits per heavy atom. The molecule has 1 aliphatic heterocycles. The van der Waals surface area contributed by atoms with Gasteiger partial charge in [-0.1, -0.05) is 62.4 Å². The predicted molar refractivity (Wildman–Crippen MR) is 229 cm³/mol. The minimum Gasteiger partial charge on any atom is -0.360 e. The Bertz CT molecular complexity index is 2840. The number of nitrogens with zero attached hydrogens (tertiary/aromatic N) is 6. The van der Waals surface area contributed by atoms with Crippen molar-refractivity contribution in [2.24, 2.45) is 0 Å². The van der Waals surface area contributed by atoms with Crippen LogP contribution in [0.1, 0.15) is 100 Å². The summed E-state index contributed by atoms with van der Waals surface area (Å²) in [5.74, 6) is 0. The largest absolute Gasteiger partial charge is 0.360 e. The quantitative estimate of drug-likeness (QED) is 0.189. The van der Waals surface area contributed by atoms with E-state index in [9.17, 15) is 25.8 Å². The van der Waals surface area contributed by atoms with Gasteiger partial charge >= 0.3 is 0 Å². The summed E-state index contributed by atoms with van der Waals surface area (Å²) in [7, 11) is 0. The Hall–Kier alpha value is -5.10. The van der Waals surface area contributed by atoms with Gasteiger partial charge in [0.25, 0.3) is 5.56 Å². The number of hydrogen-bond acceptors (Lipinski definition) is 9. The van der Waals surface area contributed by atoms with E-state index < -0.39 is 0 Å². The molecule has 4 aromatic rings. The fourth-order valence-electron chi connectivity index (χ4n) is 10.2. The van der Waals surface area contributed by atoms with Crippen LogP contribution >= 0.6 is 34.4 Å². The second-order valence-electron chi connectivity index (χ2n) is 15.7. The second-order valence-corrected chi connectivity index (χ2v) is 18.9. The molecule has 10 heteroatoms. The SMILES string of the molecule is CCN1C/C(=C/C2=Cc3cc4sc5cc6c(cc5c4cc3C23CCCCC3)C2(CCCCC2)C(/C=c2\sc(=C(C#N)C#N)n(CC)c2=O)=C6)SC1=C(C#N)C#N. The maximum Gasteiger partial charge on any atom is 0.269 e. The molecule has 3 fully saturated rings. The van der Waals surface area contributed by atoms with E-state index in [0.717, 1.165) is 56.6 Å². The van der Waals surface area contributed by atoms with Crippen LogP contribution in [0, 0.1) is 45.3 Å². The zero-order chi connectivity index (χ0) is 38.8. The number of allylic oxidation sites excluding steroid dienone is 4. The molecule has 0 N–H and O–H groups in total. The molecule has 0 atom stereocenters. The van der Waals surface area contributed by atoms with Gasteiger partial charge in [-0.2, -0.15) is 21.0 Å². The molecule has 2 spiro atoms. The van der Waals surface area contributed by atoms with E-state index in [-0.39, 0.29) is 27.5 Å². The first-order valence-electron chi connectivity index (χ1n) is 19.7. The average Bonchev–Trinajstić information content (AvgIpc) is 4.00. The molecule has 3 heterocycles. The number of aromatic nitrogens is 1. The van der Waals surface area contributed by atoms with Crippen molar-refractivity contribution >= 4 is 78.4 Å². The minimum atomic E-state index is -0.182. The lowest BCUT2D eigenvalue weighted by Gasteiger charge is -2.37. The van der Waals surface area contributed by atoms with Gasteiger partial charge in [0.2, 0.25) is 0 Å². The highest BCUT2D eigenvalue weighted by atomic mass is 32.2. The number of thiophene rings is 1. The number of hydrogen-bond donors (Lipinski definition) is 0. The minimum absolute atomic E-state index is 0.0196. The maximum atomic E-state index is 13.7. The number of benzene rings is 2. The lowest BCUT2D eigenvalue weighted by Crippen LogP contribution is -2.33. The molecule has 9 rings (SSSR count). The topological polar surface area (TPSA) is 120 Å². The van der Waals surface area contributed by atoms with Crippen molar-refractivity contribution in [2.45, 2.75) is 95.4 Å². The lowest BCUT2D eigenvalue weighted by atomic mass is 9.66. The molecule has 0 amide bonds. The normalized spacial score (nSPS) is 20.2. The fraction of sp³-hybridized carbons (Fsp3) is 0.370. The standard InChI is InChI=1S/C46H40N6OS3/c1-3-51-27-34(54-43(51)30(23-47)24-48)19-32-15-28-17-39-35(21-37(28)45(32)11-7-5-8-12-45)36-22-38-29(18-40(36)55-39)16-33(46(38)13-9-6-10-14-46)20-41-42(53)52(4-2)44(56-41)31(25-49)26-50/h15-22H,3-14,27H2,1-2H3/b34-19-,41-20-. The Morgan fingerprint density at radius 1 is 0.714 bits per heavy atom. The Morgan fingerprint density at radius 2 is 1.25 bits per heavy atom. The van der Waals surface area contributed by atoms with E-state index in [4.69, 9.17) is 0 Å². The van der Waals surface area contributed by atoms with Crippen molar-refractivity contribution in [3.05, 3.63) is 98.8 Å². The Kier molecular flexibility index (Phi) is 9.22. The predicted octanol–water partition coefficient (Wildman–Crippen LogP) is 9.39. The smallest absolute Gasteiger partial charge is 0.269 e. The van der Waals surface area contributed by atoms with Gasteiger partial charge in [-0.15, -0.1) is 22.7 Å². The molecule has 7 nitrogen and oxygen atoms in total. The third-order valence-electron chi connectivity index (χ3n) is 12.9. The van der Waals surface area contributed by atoms with E-state index >= 15 is 0 Å². The molecule has 2 saturated carbocycles. The summed E-state index contributed by atoms with van der Waals surface area (Å²) < 4.78 is 5.14. The van der Waals surface area contributed by atoms with Gasteiger partial charge in [0.1, 0.15) is 34.0 Å². The number of rotatable bonds is 4. The third kappa shape index (κ3) is 5.49. The van der Waals surface area contributed by atoms with Crippen molar-refractivity contribution in [1.82, 2.24) is 9.47 Å². The van der Waals surface area contributed by atoms with E-state index in [1.807, 2.05) is 30.4 Å². The highest BCUT2D eigenvalue weighted by Crippen LogP contribution is 2.56. The van der Waals surface area contributed by atoms with Crippen molar-refractivity contribution < 1.29 is 0 Å². The van der Waals surface area contributed by atoms with Crippen LogP contribution in [0.5, 0.6) is 0 Å². The molecule has 2 aromatic carbocycles. The Balaban J connectivity index is 1.17. The van der Waals surface area contributed by atoms with Gasteiger partial charge in [-0.25, -0.2) is 0 Å². The number of thiazole rings is 1. The van der Waals surface area contributed by atoms with E-state index in [1.165, 1.54) is 95.5 Å². The zero-order valence-corrected chi connectivity index (χ0v) is 34.1. The molecular weight excluding hydrogens is 749 g/mol. The molecular formula is C46H40N6OS3. The molecule has 56 heavy (non-hydrogen) atoms. The third-order valence-corrected chi connectivity index (χ3v) is 16.3. The Labute approximate surface area is 338 Å².